The zero-order chi connectivity index (χ0) is 38.3. The number of rotatable bonds is 23. The lowest BCUT2D eigenvalue weighted by Gasteiger charge is -2.42. The SMILES string of the molecule is C[C@@H](O)CCCCCCCCCCCCCC(=O)NCCc1c[nH]c2ccc(O[C@@H]3O[C@H](CO[C@@H]4O[C@H](CO)[C@@H](O)[C@H](O)[C@@H]4O)[C@@H](O)[C@@H](O)[C@@H]3O)cc12. The molecule has 2 aliphatic heterocycles. The van der Waals surface area contributed by atoms with Gasteiger partial charge < -0.3 is 70.1 Å². The molecule has 2 aliphatic rings. The summed E-state index contributed by atoms with van der Waals surface area (Å²) < 4.78 is 22.5. The molecule has 2 saturated heterocycles. The van der Waals surface area contributed by atoms with Crippen molar-refractivity contribution in [3.63, 3.8) is 0 Å². The largest absolute Gasteiger partial charge is 0.462 e. The van der Waals surface area contributed by atoms with Gasteiger partial charge in [-0.3, -0.25) is 4.79 Å². The number of carbonyl (C=O) groups excluding carboxylic acids is 1. The number of carbonyl (C=O) groups is 1. The van der Waals surface area contributed by atoms with Crippen LogP contribution in [-0.4, -0.2) is 139 Å². The lowest BCUT2D eigenvalue weighted by atomic mass is 9.98. The van der Waals surface area contributed by atoms with Crippen molar-refractivity contribution in [2.75, 3.05) is 19.8 Å². The summed E-state index contributed by atoms with van der Waals surface area (Å²) in [7, 11) is 0. The lowest BCUT2D eigenvalue weighted by Crippen LogP contribution is -2.62. The molecule has 53 heavy (non-hydrogen) atoms. The molecule has 15 heteroatoms. The summed E-state index contributed by atoms with van der Waals surface area (Å²) in [5.74, 6) is 0.339. The van der Waals surface area contributed by atoms with Crippen molar-refractivity contribution < 1.29 is 64.6 Å². The van der Waals surface area contributed by atoms with Gasteiger partial charge in [-0.05, 0) is 49.9 Å². The highest BCUT2D eigenvalue weighted by Gasteiger charge is 2.48. The summed E-state index contributed by atoms with van der Waals surface area (Å²) in [4.78, 5) is 15.7. The maximum Gasteiger partial charge on any atom is 0.229 e. The number of aliphatic hydroxyl groups excluding tert-OH is 8. The average molecular weight is 755 g/mol. The van der Waals surface area contributed by atoms with Crippen LogP contribution in [0.2, 0.25) is 0 Å². The Hall–Kier alpha value is -2.41. The third kappa shape index (κ3) is 13.1. The van der Waals surface area contributed by atoms with Crippen molar-refractivity contribution in [2.24, 2.45) is 0 Å². The number of aromatic nitrogens is 1. The number of nitrogens with one attached hydrogen (secondary N) is 2. The van der Waals surface area contributed by atoms with Gasteiger partial charge in [0.05, 0.1) is 19.3 Å². The number of H-pyrrole nitrogens is 1. The van der Waals surface area contributed by atoms with Crippen molar-refractivity contribution in [1.82, 2.24) is 10.3 Å². The molecule has 0 unspecified atom stereocenters. The van der Waals surface area contributed by atoms with Crippen LogP contribution in [0.15, 0.2) is 24.4 Å². The Kier molecular flexibility index (Phi) is 18.2. The molecule has 0 aliphatic carbocycles. The second-order valence-corrected chi connectivity index (χ2v) is 14.6. The molecule has 0 radical (unpaired) electrons. The molecular weight excluding hydrogens is 692 g/mol. The number of fused-ring (bicyclic) bond motifs is 1. The standard InChI is InChI=1S/C38H62N2O13/c1-23(42)13-11-9-7-5-3-2-4-6-8-10-12-14-30(43)39-18-17-24-20-40-27-16-15-25(19-26(24)27)51-38-36(49)34(47)32(45)29(53-38)22-50-37-35(48)33(46)31(44)28(21-41)52-37/h15-16,19-20,23,28-29,31-38,40-42,44-49H,2-14,17-18,21-22H2,1H3,(H,39,43)/t23-,28-,29-,31-,32-,33+,34-,35+,36+,37-,38-/m1/s1. The highest BCUT2D eigenvalue weighted by molar-refractivity contribution is 5.84. The van der Waals surface area contributed by atoms with Crippen molar-refractivity contribution >= 4 is 16.8 Å². The molecule has 1 aromatic heterocycles. The Morgan fingerprint density at radius 3 is 2.02 bits per heavy atom. The number of unbranched alkanes of at least 4 members (excludes halogenated alkanes) is 10. The first-order valence-electron chi connectivity index (χ1n) is 19.3. The van der Waals surface area contributed by atoms with E-state index in [0.717, 1.165) is 48.6 Å². The summed E-state index contributed by atoms with van der Waals surface area (Å²) in [6, 6.07) is 5.18. The van der Waals surface area contributed by atoms with Crippen molar-refractivity contribution in [3.05, 3.63) is 30.0 Å². The van der Waals surface area contributed by atoms with E-state index in [0.29, 0.717) is 25.1 Å². The van der Waals surface area contributed by atoms with E-state index < -0.39 is 74.6 Å². The Labute approximate surface area is 311 Å². The van der Waals surface area contributed by atoms with Crippen LogP contribution in [0.25, 0.3) is 10.9 Å². The zero-order valence-corrected chi connectivity index (χ0v) is 30.8. The first-order chi connectivity index (χ1) is 25.5. The second kappa shape index (κ2) is 22.2. The highest BCUT2D eigenvalue weighted by Crippen LogP contribution is 2.29. The first kappa shape index (κ1) is 43.3. The smallest absolute Gasteiger partial charge is 0.229 e. The molecule has 1 aromatic carbocycles. The van der Waals surface area contributed by atoms with Crippen molar-refractivity contribution in [1.29, 1.82) is 0 Å². The number of hydrogen-bond donors (Lipinski definition) is 10. The monoisotopic (exact) mass is 754 g/mol. The van der Waals surface area contributed by atoms with Crippen LogP contribution in [0, 0.1) is 0 Å². The molecule has 0 saturated carbocycles. The molecule has 302 valence electrons. The van der Waals surface area contributed by atoms with Gasteiger partial charge in [0, 0.05) is 30.1 Å². The van der Waals surface area contributed by atoms with Gasteiger partial charge >= 0.3 is 0 Å². The van der Waals surface area contributed by atoms with Gasteiger partial charge in [-0.2, -0.15) is 0 Å². The van der Waals surface area contributed by atoms with E-state index >= 15 is 0 Å². The van der Waals surface area contributed by atoms with E-state index in [9.17, 15) is 45.6 Å². The van der Waals surface area contributed by atoms with Gasteiger partial charge in [-0.1, -0.05) is 64.2 Å². The van der Waals surface area contributed by atoms with Gasteiger partial charge in [0.25, 0.3) is 0 Å². The molecule has 15 nitrogen and oxygen atoms in total. The first-order valence-corrected chi connectivity index (χ1v) is 19.3. The quantitative estimate of drug-likeness (QED) is 0.0720. The minimum Gasteiger partial charge on any atom is -0.462 e. The van der Waals surface area contributed by atoms with Crippen LogP contribution in [-0.2, 0) is 25.4 Å². The molecule has 10 N–H and O–H groups in total. The van der Waals surface area contributed by atoms with E-state index in [2.05, 4.69) is 10.3 Å². The van der Waals surface area contributed by atoms with Crippen molar-refractivity contribution in [3.8, 4) is 5.75 Å². The van der Waals surface area contributed by atoms with Gasteiger partial charge in [0.1, 0.15) is 54.6 Å². The normalized spacial score (nSPS) is 29.7. The zero-order valence-electron chi connectivity index (χ0n) is 30.8. The Morgan fingerprint density at radius 1 is 0.792 bits per heavy atom. The number of amides is 1. The molecule has 11 atom stereocenters. The van der Waals surface area contributed by atoms with Crippen LogP contribution in [0.4, 0.5) is 0 Å². The summed E-state index contributed by atoms with van der Waals surface area (Å²) in [5, 5.41) is 84.6. The summed E-state index contributed by atoms with van der Waals surface area (Å²) >= 11 is 0. The van der Waals surface area contributed by atoms with Crippen LogP contribution in [0.1, 0.15) is 96.0 Å². The van der Waals surface area contributed by atoms with Crippen LogP contribution in [0.3, 0.4) is 0 Å². The lowest BCUT2D eigenvalue weighted by molar-refractivity contribution is -0.323. The molecular formula is C38H62N2O13. The van der Waals surface area contributed by atoms with E-state index in [1.807, 2.05) is 13.1 Å². The minimum absolute atomic E-state index is 0.0266. The van der Waals surface area contributed by atoms with E-state index in [1.165, 1.54) is 44.9 Å². The van der Waals surface area contributed by atoms with Gasteiger partial charge in [0.2, 0.25) is 12.2 Å². The fourth-order valence-electron chi connectivity index (χ4n) is 6.86. The third-order valence-corrected chi connectivity index (χ3v) is 10.2. The van der Waals surface area contributed by atoms with Crippen molar-refractivity contribution in [2.45, 2.75) is 164 Å². The van der Waals surface area contributed by atoms with E-state index in [4.69, 9.17) is 18.9 Å². The Balaban J connectivity index is 1.16. The van der Waals surface area contributed by atoms with Crippen LogP contribution >= 0.6 is 0 Å². The summed E-state index contributed by atoms with van der Waals surface area (Å²) in [5.41, 5.74) is 1.77. The fourth-order valence-corrected chi connectivity index (χ4v) is 6.86. The Bertz CT molecular complexity index is 1340. The molecule has 1 amide bonds. The summed E-state index contributed by atoms with van der Waals surface area (Å²) in [6.45, 7) is 1.19. The fraction of sp³-hybridized carbons (Fsp3) is 0.763. The Morgan fingerprint density at radius 2 is 1.38 bits per heavy atom. The predicted molar refractivity (Wildman–Crippen MR) is 194 cm³/mol. The average Bonchev–Trinajstić information content (AvgIpc) is 3.54. The molecule has 0 spiro atoms. The minimum atomic E-state index is -1.68. The second-order valence-electron chi connectivity index (χ2n) is 14.6. The maximum absolute atomic E-state index is 12.5. The molecule has 2 fully saturated rings. The number of aromatic amines is 1. The molecule has 2 aromatic rings. The number of aliphatic hydroxyl groups is 8. The summed E-state index contributed by atoms with van der Waals surface area (Å²) in [6.07, 6.45) is 1.31. The predicted octanol–water partition coefficient (Wildman–Crippen LogP) is 1.28. The third-order valence-electron chi connectivity index (χ3n) is 10.2. The van der Waals surface area contributed by atoms with Gasteiger partial charge in [-0.25, -0.2) is 0 Å². The number of hydrogen-bond acceptors (Lipinski definition) is 13. The van der Waals surface area contributed by atoms with Gasteiger partial charge in [-0.15, -0.1) is 0 Å². The van der Waals surface area contributed by atoms with E-state index in [-0.39, 0.29) is 12.0 Å². The highest BCUT2D eigenvalue weighted by atomic mass is 16.7. The molecule has 0 bridgehead atoms. The maximum atomic E-state index is 12.5. The number of benzene rings is 1. The topological polar surface area (TPSA) is 244 Å². The molecule has 4 rings (SSSR count). The van der Waals surface area contributed by atoms with Crippen LogP contribution in [0.5, 0.6) is 5.75 Å². The molecule has 3 heterocycles. The van der Waals surface area contributed by atoms with Gasteiger partial charge in [0.15, 0.2) is 6.29 Å². The van der Waals surface area contributed by atoms with E-state index in [1.54, 1.807) is 18.2 Å². The number of ether oxygens (including phenoxy) is 4. The van der Waals surface area contributed by atoms with Crippen LogP contribution < -0.4 is 10.1 Å².